The number of methoxy groups -OCH3 is 1. The molecular weight excluding hydrogens is 399 g/mol. The Morgan fingerprint density at radius 3 is 2.39 bits per heavy atom. The molecular formula is C20H20Cl2N4O2. The van der Waals surface area contributed by atoms with Crippen LogP contribution in [0, 0.1) is 0 Å². The molecule has 0 atom stereocenters. The van der Waals surface area contributed by atoms with Crippen LogP contribution in [0.25, 0.3) is 10.9 Å². The fourth-order valence-corrected chi connectivity index (χ4v) is 3.27. The number of ether oxygens (including phenoxy) is 1. The molecule has 0 saturated carbocycles. The lowest BCUT2D eigenvalue weighted by Gasteiger charge is -2.22. The standard InChI is InChI=1S/C20H20Cl2N4O2/c1-25(2)18(27)9-12-5-6-14(11-17(12)28-4)26(3)13-7-8-16-15(10-13)19(21)24-20(22)23-16/h5-8,10-11H,9H2,1-4H3. The van der Waals surface area contributed by atoms with E-state index in [1.165, 1.54) is 0 Å². The Kier molecular flexibility index (Phi) is 5.91. The average Bonchev–Trinajstić information content (AvgIpc) is 2.67. The van der Waals surface area contributed by atoms with Gasteiger partial charge in [0.2, 0.25) is 11.2 Å². The summed E-state index contributed by atoms with van der Waals surface area (Å²) in [5.41, 5.74) is 3.32. The molecule has 8 heteroatoms. The van der Waals surface area contributed by atoms with E-state index in [2.05, 4.69) is 9.97 Å². The zero-order valence-electron chi connectivity index (χ0n) is 16.0. The van der Waals surface area contributed by atoms with Crippen LogP contribution in [0.4, 0.5) is 11.4 Å². The van der Waals surface area contributed by atoms with Crippen LogP contribution in [0.5, 0.6) is 5.75 Å². The van der Waals surface area contributed by atoms with Crippen molar-refractivity contribution in [3.8, 4) is 5.75 Å². The van der Waals surface area contributed by atoms with E-state index in [4.69, 9.17) is 27.9 Å². The Morgan fingerprint density at radius 2 is 1.71 bits per heavy atom. The van der Waals surface area contributed by atoms with Crippen molar-refractivity contribution in [3.63, 3.8) is 0 Å². The lowest BCUT2D eigenvalue weighted by molar-refractivity contribution is -0.127. The number of benzene rings is 2. The molecule has 1 amide bonds. The molecule has 0 spiro atoms. The zero-order chi connectivity index (χ0) is 20.4. The number of halogens is 2. The normalized spacial score (nSPS) is 10.8. The summed E-state index contributed by atoms with van der Waals surface area (Å²) in [6, 6.07) is 11.4. The van der Waals surface area contributed by atoms with Crippen LogP contribution in [0.1, 0.15) is 5.56 Å². The van der Waals surface area contributed by atoms with Crippen molar-refractivity contribution in [1.29, 1.82) is 0 Å². The van der Waals surface area contributed by atoms with E-state index in [0.29, 0.717) is 16.4 Å². The molecule has 0 aliphatic heterocycles. The number of amides is 1. The number of likely N-dealkylation sites (N-methyl/N-ethyl adjacent to an activating group) is 1. The average molecular weight is 419 g/mol. The van der Waals surface area contributed by atoms with Gasteiger partial charge in [0.05, 0.1) is 19.0 Å². The number of anilines is 2. The molecule has 0 radical (unpaired) electrons. The van der Waals surface area contributed by atoms with E-state index < -0.39 is 0 Å². The van der Waals surface area contributed by atoms with Crippen molar-refractivity contribution >= 4 is 51.4 Å². The predicted molar refractivity (Wildman–Crippen MR) is 113 cm³/mol. The molecule has 1 heterocycles. The summed E-state index contributed by atoms with van der Waals surface area (Å²) in [5, 5.41) is 1.14. The summed E-state index contributed by atoms with van der Waals surface area (Å²) in [5.74, 6) is 0.677. The molecule has 0 aliphatic rings. The first-order chi connectivity index (χ1) is 13.3. The maximum atomic E-state index is 12.0. The second-order valence-corrected chi connectivity index (χ2v) is 7.20. The van der Waals surface area contributed by atoms with Crippen LogP contribution in [0.2, 0.25) is 10.4 Å². The third-order valence-electron chi connectivity index (χ3n) is 4.49. The van der Waals surface area contributed by atoms with Gasteiger partial charge in [0, 0.05) is 49.5 Å². The quantitative estimate of drug-likeness (QED) is 0.455. The minimum atomic E-state index is 0.0160. The molecule has 0 unspecified atom stereocenters. The van der Waals surface area contributed by atoms with Gasteiger partial charge in [-0.25, -0.2) is 9.97 Å². The molecule has 0 bridgehead atoms. The largest absolute Gasteiger partial charge is 0.496 e. The van der Waals surface area contributed by atoms with Crippen LogP contribution in [-0.2, 0) is 11.2 Å². The van der Waals surface area contributed by atoms with Gasteiger partial charge >= 0.3 is 0 Å². The first-order valence-electron chi connectivity index (χ1n) is 8.53. The van der Waals surface area contributed by atoms with Gasteiger partial charge in [0.15, 0.2) is 0 Å². The van der Waals surface area contributed by atoms with Gasteiger partial charge in [-0.3, -0.25) is 4.79 Å². The number of hydrogen-bond acceptors (Lipinski definition) is 5. The third kappa shape index (κ3) is 4.13. The van der Waals surface area contributed by atoms with Gasteiger partial charge in [-0.15, -0.1) is 0 Å². The lowest BCUT2D eigenvalue weighted by atomic mass is 10.1. The summed E-state index contributed by atoms with van der Waals surface area (Å²) in [6.07, 6.45) is 0.282. The number of carbonyl (C=O) groups excluding carboxylic acids is 1. The zero-order valence-corrected chi connectivity index (χ0v) is 17.5. The summed E-state index contributed by atoms with van der Waals surface area (Å²) in [7, 11) is 7.00. The fourth-order valence-electron chi connectivity index (χ4n) is 2.82. The van der Waals surface area contributed by atoms with Gasteiger partial charge < -0.3 is 14.5 Å². The molecule has 1 aromatic heterocycles. The highest BCUT2D eigenvalue weighted by Crippen LogP contribution is 2.32. The minimum absolute atomic E-state index is 0.0160. The SMILES string of the molecule is COc1cc(N(C)c2ccc3nc(Cl)nc(Cl)c3c2)ccc1CC(=O)N(C)C. The van der Waals surface area contributed by atoms with Crippen molar-refractivity contribution in [2.24, 2.45) is 0 Å². The molecule has 6 nitrogen and oxygen atoms in total. The summed E-state index contributed by atoms with van der Waals surface area (Å²) >= 11 is 12.1. The summed E-state index contributed by atoms with van der Waals surface area (Å²) in [4.78, 5) is 23.8. The molecule has 0 saturated heterocycles. The number of hydrogen-bond donors (Lipinski definition) is 0. The lowest BCUT2D eigenvalue weighted by Crippen LogP contribution is -2.23. The van der Waals surface area contributed by atoms with Gasteiger partial charge in [-0.1, -0.05) is 17.7 Å². The van der Waals surface area contributed by atoms with E-state index in [9.17, 15) is 4.79 Å². The molecule has 0 aliphatic carbocycles. The number of carbonyl (C=O) groups is 1. The van der Waals surface area contributed by atoms with Crippen molar-refractivity contribution in [1.82, 2.24) is 14.9 Å². The predicted octanol–water partition coefficient (Wildman–Crippen LogP) is 4.34. The molecule has 3 aromatic rings. The minimum Gasteiger partial charge on any atom is -0.496 e. The molecule has 28 heavy (non-hydrogen) atoms. The monoisotopic (exact) mass is 418 g/mol. The fraction of sp³-hybridized carbons (Fsp3) is 0.250. The van der Waals surface area contributed by atoms with Crippen LogP contribution >= 0.6 is 23.2 Å². The Hall–Kier alpha value is -2.57. The molecule has 0 N–H and O–H groups in total. The smallest absolute Gasteiger partial charge is 0.226 e. The van der Waals surface area contributed by atoms with Crippen molar-refractivity contribution in [3.05, 3.63) is 52.4 Å². The van der Waals surface area contributed by atoms with Crippen LogP contribution in [0.3, 0.4) is 0 Å². The highest BCUT2D eigenvalue weighted by Gasteiger charge is 2.14. The van der Waals surface area contributed by atoms with Crippen LogP contribution in [0.15, 0.2) is 36.4 Å². The second kappa shape index (κ2) is 8.20. The van der Waals surface area contributed by atoms with E-state index in [1.54, 1.807) is 26.1 Å². The van der Waals surface area contributed by atoms with E-state index in [1.807, 2.05) is 48.3 Å². The van der Waals surface area contributed by atoms with E-state index in [0.717, 1.165) is 22.3 Å². The first kappa shape index (κ1) is 20.2. The molecule has 3 rings (SSSR count). The third-order valence-corrected chi connectivity index (χ3v) is 4.95. The molecule has 2 aromatic carbocycles. The maximum absolute atomic E-state index is 12.0. The Bertz CT molecular complexity index is 1040. The number of aromatic nitrogens is 2. The Balaban J connectivity index is 1.95. The number of fused-ring (bicyclic) bond motifs is 1. The molecule has 146 valence electrons. The van der Waals surface area contributed by atoms with Crippen molar-refractivity contribution in [2.45, 2.75) is 6.42 Å². The van der Waals surface area contributed by atoms with Crippen molar-refractivity contribution in [2.75, 3.05) is 33.2 Å². The van der Waals surface area contributed by atoms with E-state index >= 15 is 0 Å². The summed E-state index contributed by atoms with van der Waals surface area (Å²) < 4.78 is 5.50. The van der Waals surface area contributed by atoms with Gasteiger partial charge in [0.1, 0.15) is 10.9 Å². The van der Waals surface area contributed by atoms with Gasteiger partial charge in [-0.2, -0.15) is 0 Å². The van der Waals surface area contributed by atoms with Crippen LogP contribution in [-0.4, -0.2) is 49.0 Å². The Labute approximate surface area is 173 Å². The highest BCUT2D eigenvalue weighted by atomic mass is 35.5. The van der Waals surface area contributed by atoms with E-state index in [-0.39, 0.29) is 17.6 Å². The number of rotatable bonds is 5. The maximum Gasteiger partial charge on any atom is 0.226 e. The highest BCUT2D eigenvalue weighted by molar-refractivity contribution is 6.35. The second-order valence-electron chi connectivity index (χ2n) is 6.51. The van der Waals surface area contributed by atoms with Crippen LogP contribution < -0.4 is 9.64 Å². The summed E-state index contributed by atoms with van der Waals surface area (Å²) in [6.45, 7) is 0. The van der Waals surface area contributed by atoms with Gasteiger partial charge in [-0.05, 0) is 35.9 Å². The molecule has 0 fully saturated rings. The first-order valence-corrected chi connectivity index (χ1v) is 9.29. The number of nitrogens with zero attached hydrogens (tertiary/aromatic N) is 4. The van der Waals surface area contributed by atoms with Crippen molar-refractivity contribution < 1.29 is 9.53 Å². The Morgan fingerprint density at radius 1 is 1.04 bits per heavy atom. The topological polar surface area (TPSA) is 58.6 Å². The van der Waals surface area contributed by atoms with Gasteiger partial charge in [0.25, 0.3) is 0 Å².